The molecule has 7 heteroatoms. The van der Waals surface area contributed by atoms with Gasteiger partial charge in [0.2, 0.25) is 5.89 Å². The number of aliphatic carboxylic acids is 1. The molecule has 0 amide bonds. The Bertz CT molecular complexity index is 698. The van der Waals surface area contributed by atoms with Gasteiger partial charge in [-0.25, -0.2) is 0 Å². The maximum Gasteiger partial charge on any atom is 0.325 e. The van der Waals surface area contributed by atoms with Gasteiger partial charge in [-0.15, -0.1) is 0 Å². The molecule has 0 saturated carbocycles. The van der Waals surface area contributed by atoms with E-state index in [4.69, 9.17) is 9.26 Å². The first kappa shape index (κ1) is 15.5. The number of fused-ring (bicyclic) bond motifs is 1. The highest BCUT2D eigenvalue weighted by Crippen LogP contribution is 2.32. The van der Waals surface area contributed by atoms with Crippen LogP contribution in [0.4, 0.5) is 0 Å². The molecular formula is C16H19N3O4. The number of hydrogen-bond acceptors (Lipinski definition) is 6. The minimum atomic E-state index is -0.921. The van der Waals surface area contributed by atoms with Crippen LogP contribution in [0.5, 0.6) is 5.75 Å². The molecule has 1 aromatic heterocycles. The van der Waals surface area contributed by atoms with Crippen LogP contribution in [-0.4, -0.2) is 39.3 Å². The molecule has 1 aromatic carbocycles. The van der Waals surface area contributed by atoms with Gasteiger partial charge >= 0.3 is 5.97 Å². The largest absolute Gasteiger partial charge is 0.492 e. The van der Waals surface area contributed by atoms with Crippen LogP contribution in [0.2, 0.25) is 0 Å². The van der Waals surface area contributed by atoms with E-state index >= 15 is 0 Å². The van der Waals surface area contributed by atoms with Crippen molar-refractivity contribution in [2.45, 2.75) is 32.4 Å². The second kappa shape index (κ2) is 6.37. The lowest BCUT2D eigenvalue weighted by Gasteiger charge is -2.25. The van der Waals surface area contributed by atoms with Gasteiger partial charge < -0.3 is 14.4 Å². The number of nitrogens with zero attached hydrogens (tertiary/aromatic N) is 3. The Morgan fingerprint density at radius 1 is 1.43 bits per heavy atom. The molecule has 0 bridgehead atoms. The van der Waals surface area contributed by atoms with E-state index in [0.717, 1.165) is 0 Å². The molecular weight excluding hydrogens is 298 g/mol. The molecule has 1 aliphatic heterocycles. The van der Waals surface area contributed by atoms with E-state index in [-0.39, 0.29) is 5.92 Å². The monoisotopic (exact) mass is 317 g/mol. The quantitative estimate of drug-likeness (QED) is 0.924. The zero-order chi connectivity index (χ0) is 16.4. The van der Waals surface area contributed by atoms with Crippen molar-refractivity contribution in [2.24, 2.45) is 0 Å². The summed E-state index contributed by atoms with van der Waals surface area (Å²) in [5.74, 6) is 0.867. The Hall–Kier alpha value is -2.41. The minimum Gasteiger partial charge on any atom is -0.492 e. The lowest BCUT2D eigenvalue weighted by molar-refractivity contribution is -0.143. The van der Waals surface area contributed by atoms with Crippen molar-refractivity contribution >= 4 is 5.97 Å². The fourth-order valence-electron chi connectivity index (χ4n) is 2.64. The van der Waals surface area contributed by atoms with Crippen LogP contribution in [0.25, 0.3) is 0 Å². The Labute approximate surface area is 133 Å². The number of hydrogen-bond donors (Lipinski definition) is 1. The fraction of sp³-hybridized carbons (Fsp3) is 0.438. The number of carboxylic acids is 1. The van der Waals surface area contributed by atoms with Crippen LogP contribution in [0, 0.1) is 0 Å². The van der Waals surface area contributed by atoms with Gasteiger partial charge in [-0.1, -0.05) is 37.2 Å². The standard InChI is InChI=1S/C16H19N3O4/c1-10(2)15-17-13(18-23-15)9-19-7-8-22-12-6-4-3-5-11(12)14(19)16(20)21/h3-6,10,14H,7-9H2,1-2H3,(H,20,21). The zero-order valence-electron chi connectivity index (χ0n) is 13.1. The minimum absolute atomic E-state index is 0.139. The molecule has 0 fully saturated rings. The van der Waals surface area contributed by atoms with Crippen LogP contribution >= 0.6 is 0 Å². The third-order valence-corrected chi connectivity index (χ3v) is 3.77. The predicted molar refractivity (Wildman–Crippen MR) is 81.1 cm³/mol. The summed E-state index contributed by atoms with van der Waals surface area (Å²) in [7, 11) is 0. The Balaban J connectivity index is 1.89. The molecule has 23 heavy (non-hydrogen) atoms. The molecule has 1 unspecified atom stereocenters. The summed E-state index contributed by atoms with van der Waals surface area (Å²) in [6.45, 7) is 5.11. The number of carboxylic acid groups (broad SMARTS) is 1. The third-order valence-electron chi connectivity index (χ3n) is 3.77. The van der Waals surface area contributed by atoms with E-state index in [1.807, 2.05) is 26.0 Å². The average Bonchev–Trinajstić information content (AvgIpc) is 2.89. The lowest BCUT2D eigenvalue weighted by atomic mass is 10.0. The Morgan fingerprint density at radius 2 is 2.22 bits per heavy atom. The van der Waals surface area contributed by atoms with Gasteiger partial charge in [0.1, 0.15) is 18.4 Å². The molecule has 1 N–H and O–H groups in total. The summed E-state index contributed by atoms with van der Waals surface area (Å²) in [5.41, 5.74) is 0.644. The molecule has 0 aliphatic carbocycles. The number of carbonyl (C=O) groups is 1. The first-order valence-corrected chi connectivity index (χ1v) is 7.57. The summed E-state index contributed by atoms with van der Waals surface area (Å²) in [6.07, 6.45) is 0. The molecule has 122 valence electrons. The normalized spacial score (nSPS) is 18.3. The van der Waals surface area contributed by atoms with Gasteiger partial charge in [-0.2, -0.15) is 4.98 Å². The van der Waals surface area contributed by atoms with Gasteiger partial charge in [0.15, 0.2) is 5.82 Å². The van der Waals surface area contributed by atoms with Crippen LogP contribution in [-0.2, 0) is 11.3 Å². The second-order valence-electron chi connectivity index (χ2n) is 5.80. The highest BCUT2D eigenvalue weighted by Gasteiger charge is 2.33. The van der Waals surface area contributed by atoms with Crippen LogP contribution in [0.3, 0.4) is 0 Å². The van der Waals surface area contributed by atoms with Crippen molar-refractivity contribution in [3.05, 3.63) is 41.5 Å². The van der Waals surface area contributed by atoms with Crippen molar-refractivity contribution in [2.75, 3.05) is 13.2 Å². The molecule has 0 saturated heterocycles. The molecule has 0 spiro atoms. The maximum atomic E-state index is 11.8. The fourth-order valence-corrected chi connectivity index (χ4v) is 2.64. The molecule has 7 nitrogen and oxygen atoms in total. The number of para-hydroxylation sites is 1. The predicted octanol–water partition coefficient (Wildman–Crippen LogP) is 2.21. The second-order valence-corrected chi connectivity index (χ2v) is 5.80. The van der Waals surface area contributed by atoms with Crippen LogP contribution in [0.1, 0.15) is 43.1 Å². The van der Waals surface area contributed by atoms with E-state index in [1.54, 1.807) is 17.0 Å². The molecule has 3 rings (SSSR count). The molecule has 2 heterocycles. The van der Waals surface area contributed by atoms with Gasteiger partial charge in [0, 0.05) is 18.0 Å². The number of rotatable bonds is 4. The van der Waals surface area contributed by atoms with Crippen molar-refractivity contribution < 1.29 is 19.2 Å². The Kier molecular flexibility index (Phi) is 4.29. The first-order chi connectivity index (χ1) is 11.1. The van der Waals surface area contributed by atoms with E-state index in [2.05, 4.69) is 10.1 Å². The summed E-state index contributed by atoms with van der Waals surface area (Å²) in [6, 6.07) is 6.42. The molecule has 1 aliphatic rings. The molecule has 2 aromatic rings. The Morgan fingerprint density at radius 3 is 2.91 bits per heavy atom. The summed E-state index contributed by atoms with van der Waals surface area (Å²) < 4.78 is 10.9. The van der Waals surface area contributed by atoms with Crippen molar-refractivity contribution in [3.63, 3.8) is 0 Å². The topological polar surface area (TPSA) is 88.7 Å². The number of benzene rings is 1. The maximum absolute atomic E-state index is 11.8. The SMILES string of the molecule is CC(C)c1nc(CN2CCOc3ccccc3C2C(=O)O)no1. The van der Waals surface area contributed by atoms with Crippen LogP contribution < -0.4 is 4.74 Å². The van der Waals surface area contributed by atoms with Gasteiger partial charge in [-0.3, -0.25) is 9.69 Å². The van der Waals surface area contributed by atoms with E-state index in [9.17, 15) is 9.90 Å². The van der Waals surface area contributed by atoms with Crippen molar-refractivity contribution in [3.8, 4) is 5.75 Å². The van der Waals surface area contributed by atoms with Crippen LogP contribution in [0.15, 0.2) is 28.8 Å². The first-order valence-electron chi connectivity index (χ1n) is 7.57. The van der Waals surface area contributed by atoms with Gasteiger partial charge in [0.05, 0.1) is 6.54 Å². The average molecular weight is 317 g/mol. The van der Waals surface area contributed by atoms with Crippen molar-refractivity contribution in [1.82, 2.24) is 15.0 Å². The van der Waals surface area contributed by atoms with E-state index in [1.165, 1.54) is 0 Å². The highest BCUT2D eigenvalue weighted by molar-refractivity contribution is 5.76. The number of ether oxygens (including phenoxy) is 1. The van der Waals surface area contributed by atoms with Gasteiger partial charge in [0.25, 0.3) is 0 Å². The lowest BCUT2D eigenvalue weighted by Crippen LogP contribution is -2.35. The molecule has 1 atom stereocenters. The summed E-state index contributed by atoms with van der Waals surface area (Å²) >= 11 is 0. The molecule has 0 radical (unpaired) electrons. The summed E-state index contributed by atoms with van der Waals surface area (Å²) in [5, 5.41) is 13.6. The summed E-state index contributed by atoms with van der Waals surface area (Å²) in [4.78, 5) is 17.9. The van der Waals surface area contributed by atoms with E-state index < -0.39 is 12.0 Å². The zero-order valence-corrected chi connectivity index (χ0v) is 13.1. The van der Waals surface area contributed by atoms with Gasteiger partial charge in [-0.05, 0) is 6.07 Å². The third kappa shape index (κ3) is 3.19. The van der Waals surface area contributed by atoms with Crippen molar-refractivity contribution in [1.29, 1.82) is 0 Å². The highest BCUT2D eigenvalue weighted by atomic mass is 16.5. The van der Waals surface area contributed by atoms with E-state index in [0.29, 0.717) is 42.7 Å². The smallest absolute Gasteiger partial charge is 0.325 e. The number of aromatic nitrogens is 2.